The van der Waals surface area contributed by atoms with Crippen LogP contribution in [-0.4, -0.2) is 45.8 Å². The van der Waals surface area contributed by atoms with Crippen LogP contribution >= 0.6 is 0 Å². The Morgan fingerprint density at radius 2 is 2.33 bits per heavy atom. The van der Waals surface area contributed by atoms with Gasteiger partial charge < -0.3 is 19.6 Å². The van der Waals surface area contributed by atoms with Gasteiger partial charge in [-0.25, -0.2) is 4.98 Å². The number of likely N-dealkylation sites (tertiary alicyclic amines) is 1. The fourth-order valence-corrected chi connectivity index (χ4v) is 2.76. The van der Waals surface area contributed by atoms with Gasteiger partial charge in [-0.2, -0.15) is 0 Å². The molecule has 2 aromatic heterocycles. The first-order valence-corrected chi connectivity index (χ1v) is 7.70. The number of rotatable bonds is 4. The second kappa shape index (κ2) is 6.69. The van der Waals surface area contributed by atoms with Gasteiger partial charge in [-0.3, -0.25) is 14.4 Å². The molecule has 8 heteroatoms. The summed E-state index contributed by atoms with van der Waals surface area (Å²) in [6.45, 7) is 2.54. The smallest absolute Gasteiger partial charge is 0.272 e. The summed E-state index contributed by atoms with van der Waals surface area (Å²) in [5.41, 5.74) is -0.229. The zero-order valence-corrected chi connectivity index (χ0v) is 13.2. The highest BCUT2D eigenvalue weighted by molar-refractivity contribution is 5.92. The molecule has 0 radical (unpaired) electrons. The number of hydrogen-bond donors (Lipinski definition) is 2. The van der Waals surface area contributed by atoms with Gasteiger partial charge in [-0.15, -0.1) is 0 Å². The number of carbonyl (C=O) groups is 2. The standard InChI is InChI=1S/C16H18N4O4/c1-10-17-13(8-15(22)18-10)16(23)20-5-4-11(9-20)19-14(21)7-12-3-2-6-24-12/h2-3,6,8,11H,4-5,7,9H2,1H3,(H,19,21)(H,17,18,22)/t11-/m1/s1. The number of nitrogens with one attached hydrogen (secondary N) is 2. The fourth-order valence-electron chi connectivity index (χ4n) is 2.76. The average Bonchev–Trinajstić information content (AvgIpc) is 3.17. The van der Waals surface area contributed by atoms with Gasteiger partial charge in [0.2, 0.25) is 5.91 Å². The lowest BCUT2D eigenvalue weighted by molar-refractivity contribution is -0.121. The van der Waals surface area contributed by atoms with Gasteiger partial charge in [0.15, 0.2) is 0 Å². The fraction of sp³-hybridized carbons (Fsp3) is 0.375. The minimum atomic E-state index is -0.353. The summed E-state index contributed by atoms with van der Waals surface area (Å²) in [7, 11) is 0. The third kappa shape index (κ3) is 3.70. The van der Waals surface area contributed by atoms with E-state index in [0.29, 0.717) is 31.1 Å². The molecule has 8 nitrogen and oxygen atoms in total. The van der Waals surface area contributed by atoms with Crippen LogP contribution in [0.3, 0.4) is 0 Å². The van der Waals surface area contributed by atoms with Crippen molar-refractivity contribution in [2.24, 2.45) is 0 Å². The molecule has 0 saturated carbocycles. The van der Waals surface area contributed by atoms with E-state index >= 15 is 0 Å². The van der Waals surface area contributed by atoms with E-state index in [1.807, 2.05) is 0 Å². The number of furan rings is 1. The summed E-state index contributed by atoms with van der Waals surface area (Å²) < 4.78 is 5.14. The predicted molar refractivity (Wildman–Crippen MR) is 84.5 cm³/mol. The van der Waals surface area contributed by atoms with Crippen LogP contribution in [-0.2, 0) is 11.2 Å². The summed E-state index contributed by atoms with van der Waals surface area (Å²) >= 11 is 0. The van der Waals surface area contributed by atoms with E-state index in [0.717, 1.165) is 0 Å². The Hall–Kier alpha value is -2.90. The lowest BCUT2D eigenvalue weighted by Crippen LogP contribution is -2.39. The quantitative estimate of drug-likeness (QED) is 0.835. The Kier molecular flexibility index (Phi) is 4.45. The molecule has 1 fully saturated rings. The molecule has 1 aliphatic heterocycles. The molecule has 0 bridgehead atoms. The average molecular weight is 330 g/mol. The van der Waals surface area contributed by atoms with Gasteiger partial charge in [-0.05, 0) is 25.5 Å². The Labute approximate surface area is 137 Å². The number of aromatic amines is 1. The molecule has 0 spiro atoms. The van der Waals surface area contributed by atoms with Gasteiger partial charge in [0.25, 0.3) is 11.5 Å². The summed E-state index contributed by atoms with van der Waals surface area (Å²) in [5, 5.41) is 2.90. The first-order chi connectivity index (χ1) is 11.5. The van der Waals surface area contributed by atoms with Crippen LogP contribution in [0.5, 0.6) is 0 Å². The zero-order chi connectivity index (χ0) is 17.1. The van der Waals surface area contributed by atoms with Crippen LogP contribution in [0.4, 0.5) is 0 Å². The molecule has 2 aromatic rings. The minimum Gasteiger partial charge on any atom is -0.469 e. The molecule has 1 aliphatic rings. The molecule has 0 aliphatic carbocycles. The maximum atomic E-state index is 12.4. The number of amides is 2. The molecule has 24 heavy (non-hydrogen) atoms. The molecule has 1 saturated heterocycles. The number of carbonyl (C=O) groups excluding carboxylic acids is 2. The lowest BCUT2D eigenvalue weighted by atomic mass is 10.2. The minimum absolute atomic E-state index is 0.112. The maximum absolute atomic E-state index is 12.4. The van der Waals surface area contributed by atoms with Gasteiger partial charge in [0, 0.05) is 25.2 Å². The first kappa shape index (κ1) is 16.0. The molecular formula is C16H18N4O4. The summed E-state index contributed by atoms with van der Waals surface area (Å²) in [5.74, 6) is 0.552. The Bertz CT molecular complexity index is 797. The van der Waals surface area contributed by atoms with E-state index in [9.17, 15) is 14.4 Å². The van der Waals surface area contributed by atoms with Crippen molar-refractivity contribution in [3.63, 3.8) is 0 Å². The SMILES string of the molecule is Cc1nc(C(=O)N2CC[C@@H](NC(=O)Cc3ccco3)C2)cc(=O)[nH]1. The van der Waals surface area contributed by atoms with E-state index < -0.39 is 0 Å². The molecule has 126 valence electrons. The van der Waals surface area contributed by atoms with Crippen molar-refractivity contribution < 1.29 is 14.0 Å². The van der Waals surface area contributed by atoms with Crippen LogP contribution in [0, 0.1) is 6.92 Å². The maximum Gasteiger partial charge on any atom is 0.272 e. The monoisotopic (exact) mass is 330 g/mol. The Balaban J connectivity index is 1.57. The van der Waals surface area contributed by atoms with Crippen molar-refractivity contribution in [2.75, 3.05) is 13.1 Å². The van der Waals surface area contributed by atoms with Crippen LogP contribution in [0.2, 0.25) is 0 Å². The van der Waals surface area contributed by atoms with E-state index in [4.69, 9.17) is 4.42 Å². The normalized spacial score (nSPS) is 17.0. The molecule has 2 amide bonds. The first-order valence-electron chi connectivity index (χ1n) is 7.70. The molecular weight excluding hydrogens is 312 g/mol. The highest BCUT2D eigenvalue weighted by Crippen LogP contribution is 2.12. The lowest BCUT2D eigenvalue weighted by Gasteiger charge is -2.16. The molecule has 0 aromatic carbocycles. The zero-order valence-electron chi connectivity index (χ0n) is 13.2. The van der Waals surface area contributed by atoms with Crippen molar-refractivity contribution in [2.45, 2.75) is 25.8 Å². The summed E-state index contributed by atoms with van der Waals surface area (Å²) in [6.07, 6.45) is 2.36. The van der Waals surface area contributed by atoms with Gasteiger partial charge >= 0.3 is 0 Å². The number of aromatic nitrogens is 2. The van der Waals surface area contributed by atoms with Crippen LogP contribution in [0.1, 0.15) is 28.5 Å². The van der Waals surface area contributed by atoms with E-state index in [1.165, 1.54) is 12.3 Å². The van der Waals surface area contributed by atoms with Crippen LogP contribution in [0.25, 0.3) is 0 Å². The van der Waals surface area contributed by atoms with Crippen molar-refractivity contribution in [3.8, 4) is 0 Å². The molecule has 0 unspecified atom stereocenters. The highest BCUT2D eigenvalue weighted by atomic mass is 16.3. The van der Waals surface area contributed by atoms with Gasteiger partial charge in [0.1, 0.15) is 17.3 Å². The van der Waals surface area contributed by atoms with Gasteiger partial charge in [0.05, 0.1) is 12.7 Å². The van der Waals surface area contributed by atoms with E-state index in [2.05, 4.69) is 15.3 Å². The number of H-pyrrole nitrogens is 1. The van der Waals surface area contributed by atoms with Gasteiger partial charge in [-0.1, -0.05) is 0 Å². The third-order valence-corrected chi connectivity index (χ3v) is 3.83. The number of nitrogens with zero attached hydrogens (tertiary/aromatic N) is 2. The molecule has 2 N–H and O–H groups in total. The number of hydrogen-bond acceptors (Lipinski definition) is 5. The highest BCUT2D eigenvalue weighted by Gasteiger charge is 2.29. The van der Waals surface area contributed by atoms with Crippen molar-refractivity contribution >= 4 is 11.8 Å². The predicted octanol–water partition coefficient (Wildman–Crippen LogP) is 0.245. The van der Waals surface area contributed by atoms with Crippen LogP contribution < -0.4 is 10.9 Å². The molecule has 3 rings (SSSR count). The summed E-state index contributed by atoms with van der Waals surface area (Å²) in [6, 6.07) is 4.55. The third-order valence-electron chi connectivity index (χ3n) is 3.83. The molecule has 1 atom stereocenters. The van der Waals surface area contributed by atoms with Crippen molar-refractivity contribution in [1.29, 1.82) is 0 Å². The topological polar surface area (TPSA) is 108 Å². The molecule has 3 heterocycles. The number of aryl methyl sites for hydroxylation is 1. The second-order valence-corrected chi connectivity index (χ2v) is 5.78. The second-order valence-electron chi connectivity index (χ2n) is 5.78. The Morgan fingerprint density at radius 3 is 3.04 bits per heavy atom. The largest absolute Gasteiger partial charge is 0.469 e. The Morgan fingerprint density at radius 1 is 1.50 bits per heavy atom. The van der Waals surface area contributed by atoms with Crippen molar-refractivity contribution in [3.05, 3.63) is 52.1 Å². The van der Waals surface area contributed by atoms with E-state index in [-0.39, 0.29) is 35.5 Å². The van der Waals surface area contributed by atoms with Crippen LogP contribution in [0.15, 0.2) is 33.7 Å². The van der Waals surface area contributed by atoms with E-state index in [1.54, 1.807) is 24.0 Å². The van der Waals surface area contributed by atoms with Crippen molar-refractivity contribution in [1.82, 2.24) is 20.2 Å². The summed E-state index contributed by atoms with van der Waals surface area (Å²) in [4.78, 5) is 44.0.